The molecule has 0 spiro atoms. The topological polar surface area (TPSA) is 91.3 Å². The summed E-state index contributed by atoms with van der Waals surface area (Å²) >= 11 is 0. The first-order chi connectivity index (χ1) is 34.8. The van der Waals surface area contributed by atoms with Gasteiger partial charge in [-0.25, -0.2) is 17.6 Å². The van der Waals surface area contributed by atoms with Crippen LogP contribution in [0.2, 0.25) is 0 Å². The molecule has 414 valence electrons. The Morgan fingerprint density at radius 2 is 0.895 bits per heavy atom. The van der Waals surface area contributed by atoms with Crippen molar-refractivity contribution >= 4 is 11.9 Å². The van der Waals surface area contributed by atoms with Crippen LogP contribution in [0.4, 0.5) is 70.2 Å². The maximum Gasteiger partial charge on any atom is 0.411 e. The van der Waals surface area contributed by atoms with E-state index < -0.39 is 158 Å². The zero-order chi connectivity index (χ0) is 57.4. The van der Waals surface area contributed by atoms with E-state index in [4.69, 9.17) is 18.9 Å². The maximum atomic E-state index is 15.6. The highest BCUT2D eigenvalue weighted by atomic mass is 19.4. The highest BCUT2D eigenvalue weighted by molar-refractivity contribution is 5.79. The molecule has 0 bridgehead atoms. The summed E-state index contributed by atoms with van der Waals surface area (Å²) in [5.74, 6) is -16.0. The lowest BCUT2D eigenvalue weighted by Crippen LogP contribution is -2.54. The Hall–Kier alpha value is -6.52. The fourth-order valence-corrected chi connectivity index (χ4v) is 8.86. The van der Waals surface area contributed by atoms with Gasteiger partial charge in [-0.1, -0.05) is 62.4 Å². The van der Waals surface area contributed by atoms with Crippen molar-refractivity contribution in [3.05, 3.63) is 154 Å². The second-order valence-corrected chi connectivity index (χ2v) is 19.2. The molecule has 4 atom stereocenters. The normalized spacial score (nSPS) is 15.1. The fraction of sp³-hybridized carbons (Fsp3) is 0.396. The van der Waals surface area contributed by atoms with Gasteiger partial charge < -0.3 is 24.1 Å². The Labute approximate surface area is 424 Å². The summed E-state index contributed by atoms with van der Waals surface area (Å²) < 4.78 is 260. The third-order valence-electron chi connectivity index (χ3n) is 12.7. The van der Waals surface area contributed by atoms with Crippen LogP contribution in [-0.2, 0) is 25.2 Å². The number of phenolic OH excluding ortho intramolecular Hbond substituents is 1. The number of carbonyl (C=O) groups excluding carboxylic acids is 2. The minimum atomic E-state index is -6.04. The molecule has 0 saturated carbocycles. The van der Waals surface area contributed by atoms with E-state index in [1.54, 1.807) is 20.8 Å². The number of ether oxygens (including phenoxy) is 4. The molecule has 0 radical (unpaired) electrons. The Morgan fingerprint density at radius 3 is 1.25 bits per heavy atom. The largest absolute Gasteiger partial charge is 0.508 e. The van der Waals surface area contributed by atoms with E-state index in [9.17, 15) is 76.2 Å². The van der Waals surface area contributed by atoms with E-state index in [2.05, 4.69) is 0 Å². The maximum absolute atomic E-state index is 15.6. The van der Waals surface area contributed by atoms with Gasteiger partial charge in [-0.3, -0.25) is 9.59 Å². The first kappa shape index (κ1) is 60.3. The third-order valence-corrected chi connectivity index (χ3v) is 12.7. The van der Waals surface area contributed by atoms with Gasteiger partial charge in [0.2, 0.25) is 10.8 Å². The van der Waals surface area contributed by atoms with Gasteiger partial charge in [0.1, 0.15) is 23.0 Å². The second kappa shape index (κ2) is 21.8. The van der Waals surface area contributed by atoms with Crippen molar-refractivity contribution in [1.29, 1.82) is 0 Å². The molecule has 5 rings (SSSR count). The van der Waals surface area contributed by atoms with Crippen molar-refractivity contribution in [3.8, 4) is 23.0 Å². The summed E-state index contributed by atoms with van der Waals surface area (Å²) in [6.07, 6.45) is -27.2. The molecule has 0 aromatic heterocycles. The summed E-state index contributed by atoms with van der Waals surface area (Å²) in [6, 6.07) is 8.70. The van der Waals surface area contributed by atoms with E-state index in [1.165, 1.54) is 13.8 Å². The molecule has 0 aliphatic rings. The number of halogens is 16. The van der Waals surface area contributed by atoms with Crippen LogP contribution in [0.3, 0.4) is 0 Å². The van der Waals surface area contributed by atoms with Crippen LogP contribution < -0.4 is 14.2 Å². The molecule has 7 nitrogen and oxygen atoms in total. The number of phenols is 1. The average molecular weight is 1100 g/mol. The predicted molar refractivity (Wildman–Crippen MR) is 241 cm³/mol. The number of alkyl halides is 12. The van der Waals surface area contributed by atoms with Crippen LogP contribution in [-0.4, -0.2) is 53.6 Å². The van der Waals surface area contributed by atoms with Gasteiger partial charge in [-0.05, 0) is 131 Å². The summed E-state index contributed by atoms with van der Waals surface area (Å²) in [6.45, 7) is 9.99. The predicted octanol–water partition coefficient (Wildman–Crippen LogP) is 15.4. The first-order valence-electron chi connectivity index (χ1n) is 22.8. The summed E-state index contributed by atoms with van der Waals surface area (Å²) in [7, 11) is 0. The second-order valence-electron chi connectivity index (χ2n) is 19.2. The number of aromatic hydroxyl groups is 1. The van der Waals surface area contributed by atoms with Crippen LogP contribution in [0.15, 0.2) is 103 Å². The van der Waals surface area contributed by atoms with Crippen molar-refractivity contribution in [3.63, 3.8) is 0 Å². The van der Waals surface area contributed by atoms with Crippen molar-refractivity contribution in [2.24, 2.45) is 11.3 Å². The number of esters is 2. The van der Waals surface area contributed by atoms with Gasteiger partial charge in [-0.2, -0.15) is 52.7 Å². The molecule has 5 aromatic carbocycles. The van der Waals surface area contributed by atoms with Crippen molar-refractivity contribution < 1.29 is 104 Å². The van der Waals surface area contributed by atoms with E-state index in [0.29, 0.717) is 84.9 Å². The lowest BCUT2D eigenvalue weighted by molar-refractivity contribution is -0.290. The monoisotopic (exact) mass is 1100 g/mol. The summed E-state index contributed by atoms with van der Waals surface area (Å²) in [5, 5.41) is 9.57. The number of rotatable bonds is 17. The molecule has 0 heterocycles. The zero-order valence-electron chi connectivity index (χ0n) is 41.1. The van der Waals surface area contributed by atoms with Crippen LogP contribution >= 0.6 is 0 Å². The highest BCUT2D eigenvalue weighted by Gasteiger charge is 2.73. The lowest BCUT2D eigenvalue weighted by atomic mass is 9.73. The minimum Gasteiger partial charge on any atom is -0.508 e. The van der Waals surface area contributed by atoms with Gasteiger partial charge in [-0.15, -0.1) is 0 Å². The number of hydrogen-bond donors (Lipinski definition) is 1. The fourth-order valence-electron chi connectivity index (χ4n) is 8.86. The Balaban J connectivity index is 1.44. The zero-order valence-corrected chi connectivity index (χ0v) is 41.1. The molecular formula is C53H48F16O7. The smallest absolute Gasteiger partial charge is 0.411 e. The SMILES string of the molecule is CCC(C)(CC(CC(C)C(=O)Oc1ccc(C(c2ccc(OC(C)OC(C)(C)C)cc2)(C(F)(F)F)C(F)(F)F)cc1)c1c(F)c(F)cc(F)c1F)C(=O)Oc1ccc(C(c2ccc(O)cc2)(C(F)(F)F)C(F)(F)F)cc1. The molecule has 4 unspecified atom stereocenters. The molecule has 76 heavy (non-hydrogen) atoms. The standard InChI is InChI=1S/C53H48F16O7/c1-8-47(7,45(72)75-38-23-15-34(16-24-38)48(50(58,59)60,51(61,62)63)31-9-17-35(70)18-10-31)27-30(41-42(56)39(54)26-40(55)43(41)57)25-28(2)44(71)74-37-21-13-33(14-22-37)49(52(64,65)66,53(67,68)69)32-11-19-36(20-12-32)73-29(3)76-46(4,5)6/h9-24,26,28-30,70H,8,25,27H2,1-7H3. The van der Waals surface area contributed by atoms with Gasteiger partial charge >= 0.3 is 36.6 Å². The quantitative estimate of drug-likeness (QED) is 0.0326. The minimum absolute atomic E-state index is 0.129. The first-order valence-corrected chi connectivity index (χ1v) is 22.8. The molecule has 1 N–H and O–H groups in total. The van der Waals surface area contributed by atoms with Crippen LogP contribution in [0, 0.1) is 34.6 Å². The van der Waals surface area contributed by atoms with Crippen molar-refractivity contribution in [2.75, 3.05) is 0 Å². The molecule has 0 saturated heterocycles. The van der Waals surface area contributed by atoms with Crippen LogP contribution in [0.25, 0.3) is 0 Å². The molecule has 0 fully saturated rings. The summed E-state index contributed by atoms with van der Waals surface area (Å²) in [5.41, 5.74) is -18.8. The molecule has 5 aromatic rings. The third kappa shape index (κ3) is 12.2. The number of benzene rings is 5. The molecule has 23 heteroatoms. The van der Waals surface area contributed by atoms with Gasteiger partial charge in [0.25, 0.3) is 0 Å². The Kier molecular flexibility index (Phi) is 17.3. The molecule has 0 aliphatic carbocycles. The van der Waals surface area contributed by atoms with Gasteiger partial charge in [0.05, 0.1) is 16.9 Å². The van der Waals surface area contributed by atoms with E-state index >= 15 is 8.78 Å². The average Bonchev–Trinajstić information content (AvgIpc) is 3.28. The van der Waals surface area contributed by atoms with Crippen LogP contribution in [0.5, 0.6) is 23.0 Å². The van der Waals surface area contributed by atoms with Gasteiger partial charge in [0, 0.05) is 11.6 Å². The summed E-state index contributed by atoms with van der Waals surface area (Å²) in [4.78, 5) is 27.4. The highest BCUT2D eigenvalue weighted by Crippen LogP contribution is 2.58. The van der Waals surface area contributed by atoms with E-state index in [-0.39, 0.29) is 18.2 Å². The Morgan fingerprint density at radius 1 is 0.539 bits per heavy atom. The van der Waals surface area contributed by atoms with E-state index in [0.717, 1.165) is 26.0 Å². The van der Waals surface area contributed by atoms with Crippen LogP contribution in [0.1, 0.15) is 101 Å². The lowest BCUT2D eigenvalue weighted by Gasteiger charge is -2.38. The van der Waals surface area contributed by atoms with Gasteiger partial charge in [0.15, 0.2) is 29.6 Å². The van der Waals surface area contributed by atoms with Crippen molar-refractivity contribution in [2.45, 2.75) is 121 Å². The molecule has 0 aliphatic heterocycles. The van der Waals surface area contributed by atoms with E-state index in [1.807, 2.05) is 0 Å². The Bertz CT molecular complexity index is 2760. The number of carbonyl (C=O) groups is 2. The van der Waals surface area contributed by atoms with Crippen molar-refractivity contribution in [1.82, 2.24) is 0 Å². The molecule has 0 amide bonds. The molecular weight excluding hydrogens is 1050 g/mol. The number of hydrogen-bond acceptors (Lipinski definition) is 7.